The molecule has 0 N–H and O–H groups in total. The molecule has 0 spiro atoms. The average Bonchev–Trinajstić information content (AvgIpc) is 3.31. The lowest BCUT2D eigenvalue weighted by Crippen LogP contribution is -2.33. The fraction of sp³-hybridized carbons (Fsp3) is 0.0952. The molecule has 0 saturated carbocycles. The first-order valence-electron chi connectivity index (χ1n) is 8.45. The third-order valence-electron chi connectivity index (χ3n) is 4.45. The Bertz CT molecular complexity index is 1030. The van der Waals surface area contributed by atoms with Crippen LogP contribution in [-0.4, -0.2) is 34.4 Å². The van der Waals surface area contributed by atoms with Crippen molar-refractivity contribution in [3.63, 3.8) is 0 Å². The second-order valence-corrected chi connectivity index (χ2v) is 6.01. The quantitative estimate of drug-likeness (QED) is 0.658. The number of nitriles is 1. The maximum Gasteiger partial charge on any atom is 0.261 e. The van der Waals surface area contributed by atoms with Crippen LogP contribution < -0.4 is 4.74 Å². The Morgan fingerprint density at radius 3 is 2.19 bits per heavy atom. The molecule has 1 aliphatic heterocycles. The van der Waals surface area contributed by atoms with Gasteiger partial charge in [-0.25, -0.2) is 0 Å². The maximum absolute atomic E-state index is 12.4. The third-order valence-corrected chi connectivity index (χ3v) is 4.45. The first-order valence-corrected chi connectivity index (χ1v) is 8.45. The summed E-state index contributed by atoms with van der Waals surface area (Å²) in [7, 11) is 0. The van der Waals surface area contributed by atoms with E-state index in [0.717, 1.165) is 0 Å². The molecule has 0 radical (unpaired) electrons. The number of fused-ring (bicyclic) bond motifs is 1. The molecular formula is C21H15N3O3. The minimum Gasteiger partial charge on any atom is -0.490 e. The molecule has 27 heavy (non-hydrogen) atoms. The SMILES string of the molecule is N#Cc1c(OCCN2C(=O)c3ccccc3C2=O)cccc1-n1cccc1. The Labute approximate surface area is 155 Å². The molecule has 1 aliphatic rings. The van der Waals surface area contributed by atoms with Gasteiger partial charge in [-0.05, 0) is 36.4 Å². The fourth-order valence-corrected chi connectivity index (χ4v) is 3.15. The molecule has 0 saturated heterocycles. The van der Waals surface area contributed by atoms with E-state index in [2.05, 4.69) is 6.07 Å². The van der Waals surface area contributed by atoms with Gasteiger partial charge in [0.25, 0.3) is 11.8 Å². The number of carbonyl (C=O) groups excluding carboxylic acids is 2. The van der Waals surface area contributed by atoms with E-state index in [1.807, 2.05) is 35.2 Å². The van der Waals surface area contributed by atoms with Crippen LogP contribution in [0.4, 0.5) is 0 Å². The highest BCUT2D eigenvalue weighted by molar-refractivity contribution is 6.21. The lowest BCUT2D eigenvalue weighted by Gasteiger charge is -2.16. The Hall–Kier alpha value is -3.85. The van der Waals surface area contributed by atoms with Crippen LogP contribution in [0.25, 0.3) is 5.69 Å². The monoisotopic (exact) mass is 357 g/mol. The summed E-state index contributed by atoms with van der Waals surface area (Å²) in [4.78, 5) is 25.9. The number of benzene rings is 2. The van der Waals surface area contributed by atoms with Crippen molar-refractivity contribution in [3.05, 3.63) is 83.7 Å². The minimum atomic E-state index is -0.319. The van der Waals surface area contributed by atoms with Crippen LogP contribution in [0.3, 0.4) is 0 Å². The fourth-order valence-electron chi connectivity index (χ4n) is 3.15. The summed E-state index contributed by atoms with van der Waals surface area (Å²) in [6.45, 7) is 0.222. The number of hydrogen-bond donors (Lipinski definition) is 0. The van der Waals surface area contributed by atoms with Crippen LogP contribution in [0.15, 0.2) is 67.0 Å². The highest BCUT2D eigenvalue weighted by atomic mass is 16.5. The molecule has 6 heteroatoms. The standard InChI is InChI=1S/C21H15N3O3/c22-14-17-18(23-10-3-4-11-23)8-5-9-19(17)27-13-12-24-20(25)15-6-1-2-7-16(15)21(24)26/h1-11H,12-13H2. The number of ether oxygens (including phenoxy) is 1. The summed E-state index contributed by atoms with van der Waals surface area (Å²) in [5.41, 5.74) is 1.93. The molecule has 2 heterocycles. The summed E-state index contributed by atoms with van der Waals surface area (Å²) in [5.74, 6) is -0.220. The van der Waals surface area contributed by atoms with Gasteiger partial charge in [0.15, 0.2) is 0 Å². The Morgan fingerprint density at radius 2 is 1.56 bits per heavy atom. The zero-order valence-corrected chi connectivity index (χ0v) is 14.3. The van der Waals surface area contributed by atoms with Crippen LogP contribution in [0.2, 0.25) is 0 Å². The zero-order valence-electron chi connectivity index (χ0n) is 14.3. The van der Waals surface area contributed by atoms with Crippen molar-refractivity contribution in [2.75, 3.05) is 13.2 Å². The van der Waals surface area contributed by atoms with E-state index in [9.17, 15) is 14.9 Å². The van der Waals surface area contributed by atoms with Gasteiger partial charge in [-0.3, -0.25) is 14.5 Å². The largest absolute Gasteiger partial charge is 0.490 e. The zero-order chi connectivity index (χ0) is 18.8. The smallest absolute Gasteiger partial charge is 0.261 e. The van der Waals surface area contributed by atoms with Crippen molar-refractivity contribution in [2.24, 2.45) is 0 Å². The number of nitrogens with zero attached hydrogens (tertiary/aromatic N) is 3. The lowest BCUT2D eigenvalue weighted by molar-refractivity contribution is 0.0631. The van der Waals surface area contributed by atoms with Crippen LogP contribution in [0.1, 0.15) is 26.3 Å². The molecule has 0 atom stereocenters. The van der Waals surface area contributed by atoms with E-state index >= 15 is 0 Å². The van der Waals surface area contributed by atoms with Crippen LogP contribution in [-0.2, 0) is 0 Å². The molecular weight excluding hydrogens is 342 g/mol. The molecule has 0 unspecified atom stereocenters. The van der Waals surface area contributed by atoms with Crippen molar-refractivity contribution in [2.45, 2.75) is 0 Å². The Kier molecular flexibility index (Phi) is 4.19. The van der Waals surface area contributed by atoms with Crippen molar-refractivity contribution in [1.82, 2.24) is 9.47 Å². The van der Waals surface area contributed by atoms with Gasteiger partial charge in [-0.2, -0.15) is 5.26 Å². The van der Waals surface area contributed by atoms with Gasteiger partial charge in [0.05, 0.1) is 23.4 Å². The molecule has 0 bridgehead atoms. The predicted octanol–water partition coefficient (Wildman–Crippen LogP) is 3.02. The second kappa shape index (κ2) is 6.81. The Balaban J connectivity index is 1.49. The summed E-state index contributed by atoms with van der Waals surface area (Å²) < 4.78 is 7.57. The first kappa shape index (κ1) is 16.6. The summed E-state index contributed by atoms with van der Waals surface area (Å²) in [6, 6.07) is 18.0. The molecule has 2 aromatic carbocycles. The van der Waals surface area contributed by atoms with Gasteiger partial charge in [-0.1, -0.05) is 18.2 Å². The molecule has 4 rings (SSSR count). The summed E-state index contributed by atoms with van der Waals surface area (Å²) in [6.07, 6.45) is 3.69. The molecule has 0 aliphatic carbocycles. The molecule has 0 fully saturated rings. The lowest BCUT2D eigenvalue weighted by atomic mass is 10.1. The van der Waals surface area contributed by atoms with Crippen molar-refractivity contribution < 1.29 is 14.3 Å². The van der Waals surface area contributed by atoms with Gasteiger partial charge in [0, 0.05) is 12.4 Å². The maximum atomic E-state index is 12.4. The van der Waals surface area contributed by atoms with Gasteiger partial charge in [0.1, 0.15) is 24.0 Å². The van der Waals surface area contributed by atoms with E-state index in [4.69, 9.17) is 4.74 Å². The van der Waals surface area contributed by atoms with E-state index in [-0.39, 0.29) is 25.0 Å². The van der Waals surface area contributed by atoms with E-state index in [1.54, 1.807) is 36.4 Å². The van der Waals surface area contributed by atoms with Crippen molar-refractivity contribution in [1.29, 1.82) is 5.26 Å². The normalized spacial score (nSPS) is 12.8. The van der Waals surface area contributed by atoms with E-state index in [0.29, 0.717) is 28.1 Å². The van der Waals surface area contributed by atoms with Gasteiger partial charge < -0.3 is 9.30 Å². The number of rotatable bonds is 5. The van der Waals surface area contributed by atoms with Crippen LogP contribution in [0, 0.1) is 11.3 Å². The van der Waals surface area contributed by atoms with Crippen molar-refractivity contribution >= 4 is 11.8 Å². The minimum absolute atomic E-state index is 0.106. The van der Waals surface area contributed by atoms with E-state index in [1.165, 1.54) is 4.90 Å². The van der Waals surface area contributed by atoms with E-state index < -0.39 is 0 Å². The highest BCUT2D eigenvalue weighted by Crippen LogP contribution is 2.26. The number of carbonyl (C=O) groups is 2. The molecule has 132 valence electrons. The van der Waals surface area contributed by atoms with Crippen molar-refractivity contribution in [3.8, 4) is 17.5 Å². The average molecular weight is 357 g/mol. The number of imide groups is 1. The summed E-state index contributed by atoms with van der Waals surface area (Å²) >= 11 is 0. The number of aromatic nitrogens is 1. The molecule has 3 aromatic rings. The van der Waals surface area contributed by atoms with Gasteiger partial charge >= 0.3 is 0 Å². The Morgan fingerprint density at radius 1 is 0.889 bits per heavy atom. The van der Waals surface area contributed by atoms with Gasteiger partial charge in [0.2, 0.25) is 0 Å². The first-order chi connectivity index (χ1) is 13.2. The summed E-state index contributed by atoms with van der Waals surface area (Å²) in [5, 5.41) is 9.55. The number of hydrogen-bond acceptors (Lipinski definition) is 4. The predicted molar refractivity (Wildman–Crippen MR) is 97.8 cm³/mol. The van der Waals surface area contributed by atoms with Gasteiger partial charge in [-0.15, -0.1) is 0 Å². The molecule has 6 nitrogen and oxygen atoms in total. The van der Waals surface area contributed by atoms with Crippen LogP contribution >= 0.6 is 0 Å². The number of amides is 2. The second-order valence-electron chi connectivity index (χ2n) is 6.01. The third kappa shape index (κ3) is 2.85. The molecule has 1 aromatic heterocycles. The highest BCUT2D eigenvalue weighted by Gasteiger charge is 2.34. The molecule has 2 amide bonds. The topological polar surface area (TPSA) is 75.3 Å². The van der Waals surface area contributed by atoms with Crippen LogP contribution in [0.5, 0.6) is 5.75 Å².